The number of carbonyl (C=O) groups is 1. The van der Waals surface area contributed by atoms with Crippen molar-refractivity contribution in [1.29, 1.82) is 0 Å². The number of H-pyrrole nitrogens is 1. The van der Waals surface area contributed by atoms with E-state index in [-0.39, 0.29) is 17.4 Å². The Labute approximate surface area is 229 Å². The number of methoxy groups -OCH3 is 2. The first-order valence-corrected chi connectivity index (χ1v) is 13.5. The minimum Gasteiger partial charge on any atom is -0.497 e. The molecule has 1 saturated heterocycles. The van der Waals surface area contributed by atoms with E-state index in [4.69, 9.17) is 14.2 Å². The van der Waals surface area contributed by atoms with E-state index in [9.17, 15) is 4.79 Å². The topological polar surface area (TPSA) is 122 Å². The van der Waals surface area contributed by atoms with Gasteiger partial charge in [-0.3, -0.25) is 9.89 Å². The van der Waals surface area contributed by atoms with Crippen molar-refractivity contribution in [2.75, 3.05) is 38.1 Å². The molecule has 2 fully saturated rings. The van der Waals surface area contributed by atoms with E-state index in [2.05, 4.69) is 49.6 Å². The average molecular weight is 545 g/mol. The van der Waals surface area contributed by atoms with Crippen molar-refractivity contribution >= 4 is 46.1 Å². The van der Waals surface area contributed by atoms with Crippen molar-refractivity contribution in [3.8, 4) is 11.5 Å². The van der Waals surface area contributed by atoms with Crippen LogP contribution in [0.25, 0.3) is 10.9 Å². The summed E-state index contributed by atoms with van der Waals surface area (Å²) in [5.41, 5.74) is 3.28. The second-order valence-corrected chi connectivity index (χ2v) is 11.5. The van der Waals surface area contributed by atoms with Gasteiger partial charge in [-0.2, -0.15) is 5.10 Å². The zero-order valence-electron chi connectivity index (χ0n) is 21.8. The van der Waals surface area contributed by atoms with E-state index in [1.54, 1.807) is 20.4 Å². The van der Waals surface area contributed by atoms with Gasteiger partial charge in [0.25, 0.3) is 0 Å². The zero-order chi connectivity index (χ0) is 26.8. The monoisotopic (exact) mass is 544 g/mol. The lowest BCUT2D eigenvalue weighted by Gasteiger charge is -2.38. The maximum Gasteiger partial charge on any atom is 0.235 e. The Morgan fingerprint density at radius 3 is 2.74 bits per heavy atom. The van der Waals surface area contributed by atoms with Gasteiger partial charge in [0.15, 0.2) is 17.4 Å². The molecular weight excluding hydrogens is 516 g/mol. The van der Waals surface area contributed by atoms with Gasteiger partial charge in [-0.1, -0.05) is 6.07 Å². The Balaban J connectivity index is 1.11. The van der Waals surface area contributed by atoms with Crippen LogP contribution in [0.5, 0.6) is 11.5 Å². The van der Waals surface area contributed by atoms with E-state index in [1.165, 1.54) is 11.9 Å². The molecule has 39 heavy (non-hydrogen) atoms. The minimum absolute atomic E-state index is 0.0282. The number of fused-ring (bicyclic) bond motifs is 3. The summed E-state index contributed by atoms with van der Waals surface area (Å²) in [6.45, 7) is 3.50. The fourth-order valence-corrected chi connectivity index (χ4v) is 6.29. The molecule has 0 bridgehead atoms. The first-order chi connectivity index (χ1) is 18.9. The van der Waals surface area contributed by atoms with E-state index in [0.29, 0.717) is 30.6 Å². The van der Waals surface area contributed by atoms with Gasteiger partial charge in [0.05, 0.1) is 43.9 Å². The molecule has 7 rings (SSSR count). The van der Waals surface area contributed by atoms with Gasteiger partial charge >= 0.3 is 0 Å². The molecule has 2 aliphatic heterocycles. The van der Waals surface area contributed by atoms with Crippen LogP contribution in [0.15, 0.2) is 53.6 Å². The van der Waals surface area contributed by atoms with Gasteiger partial charge in [-0.15, -0.1) is 0 Å². The number of hydrogen-bond donors (Lipinski definition) is 4. The molecule has 11 heteroatoms. The summed E-state index contributed by atoms with van der Waals surface area (Å²) in [5.74, 6) is 2.73. The lowest BCUT2D eigenvalue weighted by molar-refractivity contribution is -0.118. The number of nitrogens with one attached hydrogen (secondary N) is 4. The lowest BCUT2D eigenvalue weighted by atomic mass is 9.91. The van der Waals surface area contributed by atoms with Crippen molar-refractivity contribution in [3.63, 3.8) is 0 Å². The van der Waals surface area contributed by atoms with Crippen LogP contribution in [0.4, 0.5) is 17.3 Å². The second-order valence-electron chi connectivity index (χ2n) is 10.6. The third-order valence-corrected chi connectivity index (χ3v) is 8.91. The molecule has 10 nitrogen and oxygen atoms in total. The molecule has 3 aliphatic rings. The standard InChI is InChI=1S/C28H28N6O4S/c1-27(13-38-14-27)34-39-17-10-23(37-3)25(29-12-17)31-24-18-6-4-15(8-22(18)32-33-24)20-11-28(20)19-9-16(36-2)5-7-21(19)30-26(28)35/h4-10,12,20,34H,11,13-14H2,1-3H3,(H,30,35)(H2,29,31,32,33)/t20?,28-/m0/s1. The highest BCUT2D eigenvalue weighted by Gasteiger charge is 2.65. The molecule has 1 aliphatic carbocycles. The van der Waals surface area contributed by atoms with Gasteiger partial charge in [0, 0.05) is 34.2 Å². The molecule has 4 heterocycles. The van der Waals surface area contributed by atoms with Crippen molar-refractivity contribution in [2.45, 2.75) is 35.1 Å². The number of carbonyl (C=O) groups excluding carboxylic acids is 1. The first kappa shape index (κ1) is 24.3. The molecule has 2 aromatic heterocycles. The number of amides is 1. The molecule has 0 radical (unpaired) electrons. The van der Waals surface area contributed by atoms with Crippen molar-refractivity contribution in [2.24, 2.45) is 0 Å². The molecule has 4 aromatic rings. The number of ether oxygens (including phenoxy) is 3. The Kier molecular flexibility index (Phi) is 5.51. The first-order valence-electron chi connectivity index (χ1n) is 12.7. The molecule has 2 aromatic carbocycles. The molecule has 1 unspecified atom stereocenters. The summed E-state index contributed by atoms with van der Waals surface area (Å²) in [7, 11) is 3.26. The van der Waals surface area contributed by atoms with Crippen molar-refractivity contribution < 1.29 is 19.0 Å². The van der Waals surface area contributed by atoms with Crippen LogP contribution in [0.2, 0.25) is 0 Å². The number of pyridine rings is 1. The van der Waals surface area contributed by atoms with Crippen LogP contribution in [0.3, 0.4) is 0 Å². The van der Waals surface area contributed by atoms with Crippen LogP contribution in [0.1, 0.15) is 30.4 Å². The summed E-state index contributed by atoms with van der Waals surface area (Å²) >= 11 is 1.51. The van der Waals surface area contributed by atoms with Crippen LogP contribution < -0.4 is 24.8 Å². The maximum atomic E-state index is 13.1. The Morgan fingerprint density at radius 2 is 1.97 bits per heavy atom. The highest BCUT2D eigenvalue weighted by Crippen LogP contribution is 2.65. The average Bonchev–Trinajstić information content (AvgIpc) is 3.49. The van der Waals surface area contributed by atoms with Crippen LogP contribution in [-0.4, -0.2) is 54.1 Å². The molecule has 1 amide bonds. The summed E-state index contributed by atoms with van der Waals surface area (Å²) in [6.07, 6.45) is 2.56. The number of hydrogen-bond acceptors (Lipinski definition) is 9. The highest BCUT2D eigenvalue weighted by molar-refractivity contribution is 7.97. The highest BCUT2D eigenvalue weighted by atomic mass is 32.2. The quantitative estimate of drug-likeness (QED) is 0.238. The van der Waals surface area contributed by atoms with Gasteiger partial charge in [-0.05, 0) is 66.8 Å². The molecule has 4 N–H and O–H groups in total. The predicted molar refractivity (Wildman–Crippen MR) is 149 cm³/mol. The van der Waals surface area contributed by atoms with E-state index in [0.717, 1.165) is 44.8 Å². The molecular formula is C28H28N6O4S. The normalized spacial score (nSPS) is 22.3. The number of aromatic amines is 1. The van der Waals surface area contributed by atoms with E-state index >= 15 is 0 Å². The Hall–Kier alpha value is -3.80. The molecule has 200 valence electrons. The maximum absolute atomic E-state index is 13.1. The van der Waals surface area contributed by atoms with E-state index in [1.807, 2.05) is 30.3 Å². The lowest BCUT2D eigenvalue weighted by Crippen LogP contribution is -2.55. The number of benzene rings is 2. The minimum atomic E-state index is -0.548. The van der Waals surface area contributed by atoms with Crippen LogP contribution >= 0.6 is 11.9 Å². The summed E-state index contributed by atoms with van der Waals surface area (Å²) in [4.78, 5) is 18.6. The smallest absolute Gasteiger partial charge is 0.235 e. The number of aromatic nitrogens is 3. The van der Waals surface area contributed by atoms with Gasteiger partial charge in [0.1, 0.15) is 5.75 Å². The third kappa shape index (κ3) is 3.91. The molecule has 2 atom stereocenters. The van der Waals surface area contributed by atoms with Gasteiger partial charge in [-0.25, -0.2) is 9.71 Å². The SMILES string of the molecule is COc1ccc2c(c1)[C@]1(CC1c1ccc3c(Nc4ncc(SNC5(C)COC5)cc4OC)n[nH]c3c1)C(=O)N2. The van der Waals surface area contributed by atoms with Gasteiger partial charge in [0.2, 0.25) is 5.91 Å². The number of nitrogens with zero attached hydrogens (tertiary/aromatic N) is 2. The number of anilines is 3. The number of rotatable bonds is 8. The Bertz CT molecular complexity index is 1620. The van der Waals surface area contributed by atoms with Crippen LogP contribution in [-0.2, 0) is 14.9 Å². The summed E-state index contributed by atoms with van der Waals surface area (Å²) < 4.78 is 19.8. The van der Waals surface area contributed by atoms with Crippen molar-refractivity contribution in [3.05, 3.63) is 59.8 Å². The fourth-order valence-electron chi connectivity index (χ4n) is 5.54. The predicted octanol–water partition coefficient (Wildman–Crippen LogP) is 4.48. The second kappa shape index (κ2) is 8.87. The van der Waals surface area contributed by atoms with Crippen LogP contribution in [0, 0.1) is 0 Å². The van der Waals surface area contributed by atoms with E-state index < -0.39 is 5.41 Å². The summed E-state index contributed by atoms with van der Waals surface area (Å²) in [6, 6.07) is 13.9. The largest absolute Gasteiger partial charge is 0.497 e. The van der Waals surface area contributed by atoms with Crippen molar-refractivity contribution in [1.82, 2.24) is 19.9 Å². The zero-order valence-corrected chi connectivity index (χ0v) is 22.6. The Morgan fingerprint density at radius 1 is 1.10 bits per heavy atom. The fraction of sp³-hybridized carbons (Fsp3) is 0.321. The van der Waals surface area contributed by atoms with Gasteiger partial charge < -0.3 is 24.8 Å². The molecule has 1 saturated carbocycles. The third-order valence-electron chi connectivity index (χ3n) is 7.85. The summed E-state index contributed by atoms with van der Waals surface area (Å²) in [5, 5.41) is 14.9. The molecule has 1 spiro atoms.